The summed E-state index contributed by atoms with van der Waals surface area (Å²) in [5, 5.41) is 18.1. The molecule has 0 aliphatic carbocycles. The molecule has 3 rings (SSSR count). The van der Waals surface area contributed by atoms with Gasteiger partial charge in [0.05, 0.1) is 18.7 Å². The van der Waals surface area contributed by atoms with Crippen LogP contribution < -0.4 is 10.1 Å². The van der Waals surface area contributed by atoms with Crippen LogP contribution >= 0.6 is 0 Å². The maximum Gasteiger partial charge on any atom is 0.258 e. The van der Waals surface area contributed by atoms with Crippen molar-refractivity contribution in [2.45, 2.75) is 0 Å². The summed E-state index contributed by atoms with van der Waals surface area (Å²) in [7, 11) is 1.60. The van der Waals surface area contributed by atoms with Crippen LogP contribution in [0.25, 0.3) is 11.4 Å². The van der Waals surface area contributed by atoms with Crippen LogP contribution in [0, 0.1) is 11.3 Å². The highest BCUT2D eigenvalue weighted by atomic mass is 16.5. The molecule has 3 aromatic rings. The lowest BCUT2D eigenvalue weighted by atomic mass is 10.1. The van der Waals surface area contributed by atoms with Crippen LogP contribution in [-0.2, 0) is 0 Å². The summed E-state index contributed by atoms with van der Waals surface area (Å²) >= 11 is 0. The molecular formula is C17H13N5O2. The monoisotopic (exact) mass is 319 g/mol. The number of H-pyrrole nitrogens is 1. The first-order valence-electron chi connectivity index (χ1n) is 7.08. The normalized spacial score (nSPS) is 10.0. The molecule has 0 fully saturated rings. The third-order valence-electron chi connectivity index (χ3n) is 3.35. The number of rotatable bonds is 4. The van der Waals surface area contributed by atoms with Crippen molar-refractivity contribution in [3.63, 3.8) is 0 Å². The van der Waals surface area contributed by atoms with E-state index in [1.165, 1.54) is 0 Å². The quantitative estimate of drug-likeness (QED) is 0.769. The molecule has 1 heterocycles. The molecule has 7 heteroatoms. The minimum Gasteiger partial charge on any atom is -0.497 e. The Morgan fingerprint density at radius 1 is 1.17 bits per heavy atom. The Balaban J connectivity index is 1.72. The maximum absolute atomic E-state index is 12.1. The van der Waals surface area contributed by atoms with Crippen LogP contribution in [-0.4, -0.2) is 28.2 Å². The largest absolute Gasteiger partial charge is 0.497 e. The van der Waals surface area contributed by atoms with E-state index in [0.29, 0.717) is 17.0 Å². The number of anilines is 1. The number of hydrogen-bond acceptors (Lipinski definition) is 5. The molecule has 0 atom stereocenters. The zero-order valence-corrected chi connectivity index (χ0v) is 12.8. The van der Waals surface area contributed by atoms with Gasteiger partial charge < -0.3 is 4.74 Å². The van der Waals surface area contributed by atoms with Crippen molar-refractivity contribution in [3.05, 3.63) is 59.7 Å². The van der Waals surface area contributed by atoms with Gasteiger partial charge in [0, 0.05) is 11.1 Å². The Hall–Kier alpha value is -3.66. The second-order valence-corrected chi connectivity index (χ2v) is 4.88. The number of carbonyl (C=O) groups is 1. The molecule has 2 N–H and O–H groups in total. The molecule has 7 nitrogen and oxygen atoms in total. The molecular weight excluding hydrogens is 306 g/mol. The molecule has 1 aromatic heterocycles. The van der Waals surface area contributed by atoms with Gasteiger partial charge in [-0.25, -0.2) is 0 Å². The molecule has 0 bridgehead atoms. The van der Waals surface area contributed by atoms with E-state index in [1.54, 1.807) is 31.4 Å². The van der Waals surface area contributed by atoms with Crippen LogP contribution in [0.3, 0.4) is 0 Å². The van der Waals surface area contributed by atoms with Gasteiger partial charge in [-0.2, -0.15) is 10.2 Å². The zero-order valence-electron chi connectivity index (χ0n) is 12.8. The molecule has 24 heavy (non-hydrogen) atoms. The van der Waals surface area contributed by atoms with Crippen LogP contribution in [0.1, 0.15) is 15.9 Å². The topological polar surface area (TPSA) is 104 Å². The molecule has 0 aliphatic heterocycles. The van der Waals surface area contributed by atoms with E-state index in [0.717, 1.165) is 11.3 Å². The van der Waals surface area contributed by atoms with Gasteiger partial charge in [-0.05, 0) is 48.5 Å². The van der Waals surface area contributed by atoms with Gasteiger partial charge in [-0.3, -0.25) is 15.2 Å². The number of nitrogens with one attached hydrogen (secondary N) is 2. The highest BCUT2D eigenvalue weighted by Gasteiger charge is 2.11. The van der Waals surface area contributed by atoms with E-state index in [9.17, 15) is 4.79 Å². The lowest BCUT2D eigenvalue weighted by Gasteiger charge is -2.01. The molecule has 0 spiro atoms. The maximum atomic E-state index is 12.1. The molecule has 0 saturated carbocycles. The number of methoxy groups -OCH3 is 1. The van der Waals surface area contributed by atoms with Crippen LogP contribution in [0.5, 0.6) is 5.75 Å². The lowest BCUT2D eigenvalue weighted by Crippen LogP contribution is -2.12. The fraction of sp³-hybridized carbons (Fsp3) is 0.0588. The third kappa shape index (κ3) is 3.23. The van der Waals surface area contributed by atoms with Gasteiger partial charge in [-0.15, -0.1) is 5.10 Å². The summed E-state index contributed by atoms with van der Waals surface area (Å²) in [4.78, 5) is 16.4. The SMILES string of the molecule is COc1ccc(-c2nc(NC(=O)c3ccc(C#N)cc3)n[nH]2)cc1. The summed E-state index contributed by atoms with van der Waals surface area (Å²) in [5.41, 5.74) is 1.73. The van der Waals surface area contributed by atoms with Gasteiger partial charge in [0.25, 0.3) is 5.91 Å². The number of amides is 1. The average Bonchev–Trinajstić information content (AvgIpc) is 3.10. The van der Waals surface area contributed by atoms with Crippen LogP contribution in [0.4, 0.5) is 5.95 Å². The van der Waals surface area contributed by atoms with E-state index in [1.807, 2.05) is 30.3 Å². The zero-order chi connectivity index (χ0) is 16.9. The number of carbonyl (C=O) groups excluding carboxylic acids is 1. The van der Waals surface area contributed by atoms with E-state index < -0.39 is 0 Å². The fourth-order valence-electron chi connectivity index (χ4n) is 2.07. The van der Waals surface area contributed by atoms with Crippen LogP contribution in [0.2, 0.25) is 0 Å². The summed E-state index contributed by atoms with van der Waals surface area (Å²) in [5.74, 6) is 1.11. The standard InChI is InChI=1S/C17H13N5O2/c1-24-14-8-6-12(7-9-14)15-19-17(22-21-15)20-16(23)13-4-2-11(10-18)3-5-13/h2-9H,1H3,(H2,19,20,21,22,23). The molecule has 118 valence electrons. The van der Waals surface area contributed by atoms with Gasteiger partial charge >= 0.3 is 0 Å². The number of ether oxygens (including phenoxy) is 1. The van der Waals surface area contributed by atoms with Gasteiger partial charge in [0.15, 0.2) is 5.82 Å². The predicted molar refractivity (Wildman–Crippen MR) is 87.5 cm³/mol. The number of nitriles is 1. The van der Waals surface area contributed by atoms with Crippen LogP contribution in [0.15, 0.2) is 48.5 Å². The minimum absolute atomic E-state index is 0.176. The summed E-state index contributed by atoms with van der Waals surface area (Å²) in [6.45, 7) is 0. The number of nitrogens with zero attached hydrogens (tertiary/aromatic N) is 3. The second kappa shape index (κ2) is 6.62. The summed E-state index contributed by atoms with van der Waals surface area (Å²) in [6, 6.07) is 15.6. The molecule has 0 saturated heterocycles. The van der Waals surface area contributed by atoms with E-state index >= 15 is 0 Å². The lowest BCUT2D eigenvalue weighted by molar-refractivity contribution is 0.102. The first-order chi connectivity index (χ1) is 11.7. The number of benzene rings is 2. The van der Waals surface area contributed by atoms with E-state index in [2.05, 4.69) is 20.5 Å². The van der Waals surface area contributed by atoms with Gasteiger partial charge in [0.1, 0.15) is 5.75 Å². The minimum atomic E-state index is -0.347. The number of hydrogen-bond donors (Lipinski definition) is 2. The smallest absolute Gasteiger partial charge is 0.258 e. The molecule has 2 aromatic carbocycles. The van der Waals surface area contributed by atoms with E-state index in [-0.39, 0.29) is 11.9 Å². The van der Waals surface area contributed by atoms with Crippen molar-refractivity contribution in [1.82, 2.24) is 15.2 Å². The first-order valence-corrected chi connectivity index (χ1v) is 7.08. The Bertz CT molecular complexity index is 892. The van der Waals surface area contributed by atoms with Crippen molar-refractivity contribution in [2.75, 3.05) is 12.4 Å². The Kier molecular flexibility index (Phi) is 4.21. The summed E-state index contributed by atoms with van der Waals surface area (Å²) in [6.07, 6.45) is 0. The molecule has 0 unspecified atom stereocenters. The van der Waals surface area contributed by atoms with Gasteiger partial charge in [0.2, 0.25) is 5.95 Å². The first kappa shape index (κ1) is 15.2. The Labute approximate surface area is 137 Å². The predicted octanol–water partition coefficient (Wildman–Crippen LogP) is 2.60. The average molecular weight is 319 g/mol. The molecule has 1 amide bonds. The fourth-order valence-corrected chi connectivity index (χ4v) is 2.07. The van der Waals surface area contributed by atoms with Crippen molar-refractivity contribution >= 4 is 11.9 Å². The van der Waals surface area contributed by atoms with Crippen molar-refractivity contribution in [3.8, 4) is 23.2 Å². The van der Waals surface area contributed by atoms with Crippen molar-refractivity contribution in [2.24, 2.45) is 0 Å². The Morgan fingerprint density at radius 3 is 2.50 bits per heavy atom. The highest BCUT2D eigenvalue weighted by molar-refractivity contribution is 6.03. The molecule has 0 radical (unpaired) electrons. The van der Waals surface area contributed by atoms with Gasteiger partial charge in [-0.1, -0.05) is 0 Å². The third-order valence-corrected chi connectivity index (χ3v) is 3.35. The van der Waals surface area contributed by atoms with Crippen molar-refractivity contribution < 1.29 is 9.53 Å². The van der Waals surface area contributed by atoms with Crippen molar-refractivity contribution in [1.29, 1.82) is 5.26 Å². The second-order valence-electron chi connectivity index (χ2n) is 4.88. The van der Waals surface area contributed by atoms with E-state index in [4.69, 9.17) is 10.00 Å². The number of aromatic nitrogens is 3. The Morgan fingerprint density at radius 2 is 1.88 bits per heavy atom. The highest BCUT2D eigenvalue weighted by Crippen LogP contribution is 2.20. The summed E-state index contributed by atoms with van der Waals surface area (Å²) < 4.78 is 5.11. The molecule has 0 aliphatic rings. The number of aromatic amines is 1.